The first-order chi connectivity index (χ1) is 12.2. The molecule has 1 atom stereocenters. The molecular formula is C16H11ClF2N2O5. The van der Waals surface area contributed by atoms with Crippen LogP contribution in [0.4, 0.5) is 20.2 Å². The molecule has 0 heterocycles. The van der Waals surface area contributed by atoms with Crippen molar-refractivity contribution in [2.45, 2.75) is 13.0 Å². The van der Waals surface area contributed by atoms with Crippen LogP contribution in [0.25, 0.3) is 0 Å². The number of anilines is 1. The Morgan fingerprint density at radius 1 is 1.23 bits per heavy atom. The lowest BCUT2D eigenvalue weighted by Crippen LogP contribution is -2.30. The Morgan fingerprint density at radius 3 is 2.58 bits per heavy atom. The van der Waals surface area contributed by atoms with Crippen molar-refractivity contribution < 1.29 is 28.0 Å². The molecule has 1 unspecified atom stereocenters. The van der Waals surface area contributed by atoms with E-state index >= 15 is 0 Å². The summed E-state index contributed by atoms with van der Waals surface area (Å²) in [7, 11) is 0. The summed E-state index contributed by atoms with van der Waals surface area (Å²) >= 11 is 5.81. The number of rotatable bonds is 5. The summed E-state index contributed by atoms with van der Waals surface area (Å²) < 4.78 is 31.5. The van der Waals surface area contributed by atoms with Gasteiger partial charge in [-0.1, -0.05) is 11.6 Å². The highest BCUT2D eigenvalue weighted by atomic mass is 35.5. The molecule has 1 N–H and O–H groups in total. The summed E-state index contributed by atoms with van der Waals surface area (Å²) in [5.41, 5.74) is -1.12. The van der Waals surface area contributed by atoms with Crippen molar-refractivity contribution in [2.75, 3.05) is 5.32 Å². The van der Waals surface area contributed by atoms with Gasteiger partial charge in [-0.25, -0.2) is 13.6 Å². The highest BCUT2D eigenvalue weighted by molar-refractivity contribution is 6.33. The summed E-state index contributed by atoms with van der Waals surface area (Å²) in [5, 5.41) is 12.7. The molecule has 7 nitrogen and oxygen atoms in total. The SMILES string of the molecule is CC(OC(=O)c1cc([N+](=O)[O-])ccc1Cl)C(=O)Nc1cc(F)ccc1F. The number of carbonyl (C=O) groups is 2. The Balaban J connectivity index is 2.11. The summed E-state index contributed by atoms with van der Waals surface area (Å²) in [4.78, 5) is 34.1. The van der Waals surface area contributed by atoms with Crippen LogP contribution in [0.15, 0.2) is 36.4 Å². The van der Waals surface area contributed by atoms with Gasteiger partial charge in [-0.05, 0) is 25.1 Å². The Bertz CT molecular complexity index is 891. The highest BCUT2D eigenvalue weighted by Crippen LogP contribution is 2.23. The number of amides is 1. The van der Waals surface area contributed by atoms with Gasteiger partial charge in [0.05, 0.1) is 21.2 Å². The van der Waals surface area contributed by atoms with Crippen molar-refractivity contribution in [3.8, 4) is 0 Å². The van der Waals surface area contributed by atoms with E-state index in [9.17, 15) is 28.5 Å². The molecule has 0 bridgehead atoms. The Morgan fingerprint density at radius 2 is 1.92 bits per heavy atom. The number of nitrogens with one attached hydrogen (secondary N) is 1. The van der Waals surface area contributed by atoms with Gasteiger partial charge in [0, 0.05) is 18.2 Å². The topological polar surface area (TPSA) is 98.5 Å². The van der Waals surface area contributed by atoms with Crippen LogP contribution >= 0.6 is 11.6 Å². The number of benzene rings is 2. The number of halogens is 3. The standard InChI is InChI=1S/C16H11ClF2N2O5/c1-8(15(22)20-14-6-9(18)2-5-13(14)19)26-16(23)11-7-10(21(24)25)3-4-12(11)17/h2-8H,1H3,(H,20,22). The summed E-state index contributed by atoms with van der Waals surface area (Å²) in [6.07, 6.45) is -1.40. The average Bonchev–Trinajstić information content (AvgIpc) is 2.58. The van der Waals surface area contributed by atoms with Gasteiger partial charge in [0.1, 0.15) is 11.6 Å². The van der Waals surface area contributed by atoms with E-state index in [1.54, 1.807) is 0 Å². The molecule has 0 aliphatic carbocycles. The summed E-state index contributed by atoms with van der Waals surface area (Å²) in [6.45, 7) is 1.19. The minimum Gasteiger partial charge on any atom is -0.449 e. The number of carbonyl (C=O) groups excluding carboxylic acids is 2. The van der Waals surface area contributed by atoms with Gasteiger partial charge in [0.25, 0.3) is 11.6 Å². The lowest BCUT2D eigenvalue weighted by molar-refractivity contribution is -0.384. The first-order valence-corrected chi connectivity index (χ1v) is 7.47. The normalized spacial score (nSPS) is 11.5. The smallest absolute Gasteiger partial charge is 0.340 e. The predicted octanol–water partition coefficient (Wildman–Crippen LogP) is 3.71. The van der Waals surface area contributed by atoms with E-state index in [2.05, 4.69) is 5.32 Å². The van der Waals surface area contributed by atoms with E-state index in [0.29, 0.717) is 0 Å². The van der Waals surface area contributed by atoms with Gasteiger partial charge < -0.3 is 10.1 Å². The van der Waals surface area contributed by atoms with Gasteiger partial charge in [-0.15, -0.1) is 0 Å². The Kier molecular flexibility index (Phi) is 5.83. The van der Waals surface area contributed by atoms with Crippen LogP contribution in [-0.2, 0) is 9.53 Å². The molecule has 1 amide bonds. The fourth-order valence-corrected chi connectivity index (χ4v) is 2.08. The molecule has 136 valence electrons. The molecule has 0 aliphatic rings. The molecule has 0 saturated heterocycles. The average molecular weight is 385 g/mol. The largest absolute Gasteiger partial charge is 0.449 e. The number of hydrogen-bond acceptors (Lipinski definition) is 5. The number of non-ortho nitro benzene ring substituents is 1. The van der Waals surface area contributed by atoms with E-state index in [1.807, 2.05) is 0 Å². The molecule has 2 aromatic carbocycles. The van der Waals surface area contributed by atoms with Gasteiger partial charge in [0.15, 0.2) is 6.10 Å². The molecule has 0 saturated carbocycles. The van der Waals surface area contributed by atoms with Crippen LogP contribution < -0.4 is 5.32 Å². The lowest BCUT2D eigenvalue weighted by Gasteiger charge is -2.14. The maximum atomic E-state index is 13.5. The number of nitrogens with zero attached hydrogens (tertiary/aromatic N) is 1. The van der Waals surface area contributed by atoms with Gasteiger partial charge in [-0.2, -0.15) is 0 Å². The first-order valence-electron chi connectivity index (χ1n) is 7.10. The van der Waals surface area contributed by atoms with Crippen LogP contribution in [-0.4, -0.2) is 22.9 Å². The second-order valence-electron chi connectivity index (χ2n) is 5.08. The van der Waals surface area contributed by atoms with E-state index < -0.39 is 40.2 Å². The van der Waals surface area contributed by atoms with Crippen LogP contribution in [0, 0.1) is 21.7 Å². The third-order valence-electron chi connectivity index (χ3n) is 3.22. The fourth-order valence-electron chi connectivity index (χ4n) is 1.89. The molecule has 0 aliphatic heterocycles. The zero-order chi connectivity index (χ0) is 19.4. The lowest BCUT2D eigenvalue weighted by atomic mass is 10.2. The fraction of sp³-hybridized carbons (Fsp3) is 0.125. The third kappa shape index (κ3) is 4.51. The number of esters is 1. The number of ether oxygens (including phenoxy) is 1. The van der Waals surface area contributed by atoms with Crippen LogP contribution in [0.1, 0.15) is 17.3 Å². The highest BCUT2D eigenvalue weighted by Gasteiger charge is 2.23. The van der Waals surface area contributed by atoms with Crippen molar-refractivity contribution in [2.24, 2.45) is 0 Å². The molecule has 0 fully saturated rings. The molecule has 0 radical (unpaired) electrons. The van der Waals surface area contributed by atoms with Gasteiger partial charge in [0.2, 0.25) is 0 Å². The van der Waals surface area contributed by atoms with Crippen molar-refractivity contribution in [1.82, 2.24) is 0 Å². The predicted molar refractivity (Wildman–Crippen MR) is 88.0 cm³/mol. The minimum absolute atomic E-state index is 0.107. The molecule has 2 aromatic rings. The second kappa shape index (κ2) is 7.87. The number of hydrogen-bond donors (Lipinski definition) is 1. The molecular weight excluding hydrogens is 374 g/mol. The van der Waals surface area contributed by atoms with E-state index in [0.717, 1.165) is 36.4 Å². The maximum absolute atomic E-state index is 13.5. The molecule has 2 rings (SSSR count). The second-order valence-corrected chi connectivity index (χ2v) is 5.49. The summed E-state index contributed by atoms with van der Waals surface area (Å²) in [5.74, 6) is -3.65. The van der Waals surface area contributed by atoms with Crippen LogP contribution in [0.5, 0.6) is 0 Å². The van der Waals surface area contributed by atoms with Crippen LogP contribution in [0.2, 0.25) is 5.02 Å². The van der Waals surface area contributed by atoms with Crippen LogP contribution in [0.3, 0.4) is 0 Å². The van der Waals surface area contributed by atoms with E-state index in [1.165, 1.54) is 6.92 Å². The monoisotopic (exact) mass is 384 g/mol. The Hall–Kier alpha value is -3.07. The Labute approximate surface area is 150 Å². The zero-order valence-corrected chi connectivity index (χ0v) is 13.9. The quantitative estimate of drug-likeness (QED) is 0.481. The molecule has 26 heavy (non-hydrogen) atoms. The maximum Gasteiger partial charge on any atom is 0.340 e. The summed E-state index contributed by atoms with van der Waals surface area (Å²) in [6, 6.07) is 5.61. The van der Waals surface area contributed by atoms with E-state index in [4.69, 9.17) is 16.3 Å². The zero-order valence-electron chi connectivity index (χ0n) is 13.2. The number of nitro benzene ring substituents is 1. The number of nitro groups is 1. The van der Waals surface area contributed by atoms with E-state index in [-0.39, 0.29) is 16.3 Å². The third-order valence-corrected chi connectivity index (χ3v) is 3.55. The van der Waals surface area contributed by atoms with Crippen molar-refractivity contribution >= 4 is 34.9 Å². The van der Waals surface area contributed by atoms with Crippen molar-refractivity contribution in [3.63, 3.8) is 0 Å². The molecule has 10 heteroatoms. The van der Waals surface area contributed by atoms with Gasteiger partial charge in [-0.3, -0.25) is 14.9 Å². The van der Waals surface area contributed by atoms with Crippen molar-refractivity contribution in [1.29, 1.82) is 0 Å². The van der Waals surface area contributed by atoms with Crippen molar-refractivity contribution in [3.05, 3.63) is 68.7 Å². The molecule has 0 aromatic heterocycles. The molecule has 0 spiro atoms. The van der Waals surface area contributed by atoms with Gasteiger partial charge >= 0.3 is 5.97 Å². The first kappa shape index (κ1) is 19.3. The minimum atomic E-state index is -1.40.